The number of allylic oxidation sites excluding steroid dienone is 2. The SMILES string of the molecule is COC(=O)C1=C(C(=O)OC)N(c2cccc3c2CN(C2CCCCC2)C3=O)C=CC=C1. The number of carbonyl (C=O) groups excluding carboxylic acids is 3. The summed E-state index contributed by atoms with van der Waals surface area (Å²) in [5, 5.41) is 0. The monoisotopic (exact) mass is 422 g/mol. The fraction of sp³-hybridized carbons (Fsp3) is 0.375. The fourth-order valence-corrected chi connectivity index (χ4v) is 4.60. The first-order valence-electron chi connectivity index (χ1n) is 10.5. The van der Waals surface area contributed by atoms with Gasteiger partial charge in [-0.15, -0.1) is 0 Å². The lowest BCUT2D eigenvalue weighted by molar-refractivity contribution is -0.139. The van der Waals surface area contributed by atoms with E-state index in [0.717, 1.165) is 31.2 Å². The predicted octanol–water partition coefficient (Wildman–Crippen LogP) is 3.47. The Labute approximate surface area is 181 Å². The van der Waals surface area contributed by atoms with Crippen LogP contribution in [0.5, 0.6) is 0 Å². The Bertz CT molecular complexity index is 1000. The molecule has 0 spiro atoms. The second kappa shape index (κ2) is 8.79. The van der Waals surface area contributed by atoms with Crippen molar-refractivity contribution in [3.8, 4) is 0 Å². The summed E-state index contributed by atoms with van der Waals surface area (Å²) in [5.41, 5.74) is 2.29. The summed E-state index contributed by atoms with van der Waals surface area (Å²) in [7, 11) is 2.53. The highest BCUT2D eigenvalue weighted by molar-refractivity contribution is 6.06. The average molecular weight is 422 g/mol. The van der Waals surface area contributed by atoms with Gasteiger partial charge in [-0.2, -0.15) is 0 Å². The quantitative estimate of drug-likeness (QED) is 0.692. The van der Waals surface area contributed by atoms with Crippen molar-refractivity contribution in [3.63, 3.8) is 0 Å². The number of amides is 1. The zero-order valence-electron chi connectivity index (χ0n) is 17.8. The maximum atomic E-state index is 13.2. The van der Waals surface area contributed by atoms with Gasteiger partial charge < -0.3 is 19.3 Å². The van der Waals surface area contributed by atoms with Crippen LogP contribution in [-0.2, 0) is 25.6 Å². The van der Waals surface area contributed by atoms with Crippen LogP contribution in [0.2, 0.25) is 0 Å². The van der Waals surface area contributed by atoms with E-state index in [1.165, 1.54) is 26.7 Å². The molecule has 2 aliphatic heterocycles. The number of carbonyl (C=O) groups is 3. The zero-order chi connectivity index (χ0) is 22.0. The van der Waals surface area contributed by atoms with Crippen LogP contribution in [0.15, 0.2) is 53.9 Å². The molecule has 1 saturated carbocycles. The second-order valence-corrected chi connectivity index (χ2v) is 7.84. The van der Waals surface area contributed by atoms with Crippen molar-refractivity contribution in [2.24, 2.45) is 0 Å². The number of fused-ring (bicyclic) bond motifs is 1. The Morgan fingerprint density at radius 2 is 1.74 bits per heavy atom. The van der Waals surface area contributed by atoms with Gasteiger partial charge in [-0.1, -0.05) is 31.4 Å². The molecule has 4 rings (SSSR count). The minimum absolute atomic E-state index is 0.0254. The smallest absolute Gasteiger partial charge is 0.355 e. The van der Waals surface area contributed by atoms with Gasteiger partial charge in [0.15, 0.2) is 0 Å². The number of rotatable bonds is 4. The Morgan fingerprint density at radius 1 is 1.00 bits per heavy atom. The van der Waals surface area contributed by atoms with Crippen LogP contribution in [0.1, 0.15) is 48.0 Å². The molecule has 3 aliphatic rings. The summed E-state index contributed by atoms with van der Waals surface area (Å²) >= 11 is 0. The summed E-state index contributed by atoms with van der Waals surface area (Å²) in [5.74, 6) is -1.28. The van der Waals surface area contributed by atoms with Gasteiger partial charge in [-0.05, 0) is 37.1 Å². The van der Waals surface area contributed by atoms with Gasteiger partial charge in [0.2, 0.25) is 0 Å². The molecule has 1 aliphatic carbocycles. The molecule has 0 bridgehead atoms. The normalized spacial score (nSPS) is 18.8. The number of anilines is 1. The largest absolute Gasteiger partial charge is 0.465 e. The standard InChI is InChI=1S/C24H26N2O5/c1-30-23(28)18-11-6-7-14-25(21(18)24(29)31-2)20-13-8-12-17-19(20)15-26(22(17)27)16-9-4-3-5-10-16/h6-8,11-14,16H,3-5,9-10,15H2,1-2H3. The van der Waals surface area contributed by atoms with Crippen LogP contribution in [0.25, 0.3) is 0 Å². The molecular weight excluding hydrogens is 396 g/mol. The molecular formula is C24H26N2O5. The van der Waals surface area contributed by atoms with Crippen LogP contribution in [-0.4, -0.2) is 43.0 Å². The van der Waals surface area contributed by atoms with Gasteiger partial charge in [0, 0.05) is 29.9 Å². The maximum absolute atomic E-state index is 13.2. The summed E-state index contributed by atoms with van der Waals surface area (Å²) in [4.78, 5) is 41.9. The second-order valence-electron chi connectivity index (χ2n) is 7.84. The van der Waals surface area contributed by atoms with E-state index in [2.05, 4.69) is 0 Å². The Morgan fingerprint density at radius 3 is 2.45 bits per heavy atom. The summed E-state index contributed by atoms with van der Waals surface area (Å²) < 4.78 is 9.88. The van der Waals surface area contributed by atoms with Gasteiger partial charge >= 0.3 is 11.9 Å². The molecule has 162 valence electrons. The Kier molecular flexibility index (Phi) is 5.93. The molecule has 1 aromatic carbocycles. The molecule has 0 radical (unpaired) electrons. The Hall–Kier alpha value is -3.35. The highest BCUT2D eigenvalue weighted by atomic mass is 16.5. The lowest BCUT2D eigenvalue weighted by Crippen LogP contribution is -2.36. The molecule has 0 N–H and O–H groups in total. The summed E-state index contributed by atoms with van der Waals surface area (Å²) in [6, 6.07) is 5.72. The van der Waals surface area contributed by atoms with E-state index in [9.17, 15) is 14.4 Å². The number of nitrogens with zero attached hydrogens (tertiary/aromatic N) is 2. The van der Waals surface area contributed by atoms with Gasteiger partial charge in [-0.25, -0.2) is 9.59 Å². The van der Waals surface area contributed by atoms with Gasteiger partial charge in [0.05, 0.1) is 25.5 Å². The highest BCUT2D eigenvalue weighted by Gasteiger charge is 2.37. The van der Waals surface area contributed by atoms with E-state index >= 15 is 0 Å². The number of benzene rings is 1. The topological polar surface area (TPSA) is 76.2 Å². The van der Waals surface area contributed by atoms with Crippen LogP contribution in [0, 0.1) is 0 Å². The number of methoxy groups -OCH3 is 2. The first-order valence-corrected chi connectivity index (χ1v) is 10.5. The molecule has 31 heavy (non-hydrogen) atoms. The molecule has 7 heteroatoms. The van der Waals surface area contributed by atoms with Crippen molar-refractivity contribution in [2.75, 3.05) is 19.1 Å². The lowest BCUT2D eigenvalue weighted by atomic mass is 9.94. The van der Waals surface area contributed by atoms with E-state index in [0.29, 0.717) is 17.8 Å². The van der Waals surface area contributed by atoms with Crippen LogP contribution >= 0.6 is 0 Å². The minimum atomic E-state index is -0.664. The van der Waals surface area contributed by atoms with E-state index in [-0.39, 0.29) is 23.2 Å². The van der Waals surface area contributed by atoms with E-state index in [4.69, 9.17) is 9.47 Å². The van der Waals surface area contributed by atoms with E-state index in [1.54, 1.807) is 29.3 Å². The molecule has 0 aromatic heterocycles. The van der Waals surface area contributed by atoms with Crippen molar-refractivity contribution in [1.29, 1.82) is 0 Å². The molecule has 2 heterocycles. The molecule has 0 atom stereocenters. The highest BCUT2D eigenvalue weighted by Crippen LogP contribution is 2.38. The minimum Gasteiger partial charge on any atom is -0.465 e. The van der Waals surface area contributed by atoms with Crippen molar-refractivity contribution in [1.82, 2.24) is 4.90 Å². The molecule has 1 fully saturated rings. The first-order chi connectivity index (χ1) is 15.1. The molecule has 1 amide bonds. The van der Waals surface area contributed by atoms with E-state index in [1.807, 2.05) is 17.0 Å². The van der Waals surface area contributed by atoms with Crippen LogP contribution < -0.4 is 4.90 Å². The van der Waals surface area contributed by atoms with Crippen LogP contribution in [0.4, 0.5) is 5.69 Å². The zero-order valence-corrected chi connectivity index (χ0v) is 17.8. The molecule has 0 saturated heterocycles. The van der Waals surface area contributed by atoms with Crippen molar-refractivity contribution >= 4 is 23.5 Å². The lowest BCUT2D eigenvalue weighted by Gasteiger charge is -2.31. The van der Waals surface area contributed by atoms with Crippen LogP contribution in [0.3, 0.4) is 0 Å². The maximum Gasteiger partial charge on any atom is 0.355 e. The number of ether oxygens (including phenoxy) is 2. The molecule has 7 nitrogen and oxygen atoms in total. The fourth-order valence-electron chi connectivity index (χ4n) is 4.60. The Balaban J connectivity index is 1.79. The number of hydrogen-bond donors (Lipinski definition) is 0. The van der Waals surface area contributed by atoms with Crippen molar-refractivity contribution in [3.05, 3.63) is 65.0 Å². The third-order valence-corrected chi connectivity index (χ3v) is 6.14. The molecule has 1 aromatic rings. The predicted molar refractivity (Wildman–Crippen MR) is 115 cm³/mol. The first kappa shape index (κ1) is 20.9. The summed E-state index contributed by atoms with van der Waals surface area (Å²) in [6.45, 7) is 0.481. The van der Waals surface area contributed by atoms with Gasteiger partial charge in [0.1, 0.15) is 5.70 Å². The third kappa shape index (κ3) is 3.76. The van der Waals surface area contributed by atoms with E-state index < -0.39 is 11.9 Å². The van der Waals surface area contributed by atoms with Crippen molar-refractivity contribution in [2.45, 2.75) is 44.7 Å². The molecule has 0 unspecified atom stereocenters. The third-order valence-electron chi connectivity index (χ3n) is 6.14. The average Bonchev–Trinajstić information content (AvgIpc) is 3.00. The van der Waals surface area contributed by atoms with Gasteiger partial charge in [-0.3, -0.25) is 4.79 Å². The summed E-state index contributed by atoms with van der Waals surface area (Å²) in [6.07, 6.45) is 12.1. The number of hydrogen-bond acceptors (Lipinski definition) is 6. The van der Waals surface area contributed by atoms with Crippen molar-refractivity contribution < 1.29 is 23.9 Å². The number of esters is 2. The van der Waals surface area contributed by atoms with Gasteiger partial charge in [0.25, 0.3) is 5.91 Å².